The molecule has 2 N–H and O–H groups in total. The Morgan fingerprint density at radius 1 is 1.22 bits per heavy atom. The van der Waals surface area contributed by atoms with Gasteiger partial charge in [-0.2, -0.15) is 0 Å². The highest BCUT2D eigenvalue weighted by Gasteiger charge is 2.31. The van der Waals surface area contributed by atoms with Crippen molar-refractivity contribution in [3.63, 3.8) is 0 Å². The molecular weight excluding hydrogens is 361 g/mol. The summed E-state index contributed by atoms with van der Waals surface area (Å²) >= 11 is 0. The molecule has 1 atom stereocenters. The number of ether oxygens (including phenoxy) is 1. The Labute approximate surface area is 153 Å². The van der Waals surface area contributed by atoms with E-state index in [4.69, 9.17) is 0 Å². The second-order valence-corrected chi connectivity index (χ2v) is 6.32. The fourth-order valence-electron chi connectivity index (χ4n) is 2.95. The molecular formula is C19H17F3N2O3. The monoisotopic (exact) mass is 378 g/mol. The first-order chi connectivity index (χ1) is 12.7. The minimum atomic E-state index is -4.79. The summed E-state index contributed by atoms with van der Waals surface area (Å²) in [6, 6.07) is 10.1. The fourth-order valence-corrected chi connectivity index (χ4v) is 2.95. The molecule has 27 heavy (non-hydrogen) atoms. The zero-order chi connectivity index (χ0) is 19.6. The van der Waals surface area contributed by atoms with Crippen LogP contribution in [0.1, 0.15) is 29.3 Å². The first kappa shape index (κ1) is 18.8. The van der Waals surface area contributed by atoms with E-state index in [2.05, 4.69) is 15.4 Å². The van der Waals surface area contributed by atoms with Gasteiger partial charge < -0.3 is 15.4 Å². The smallest absolute Gasteiger partial charge is 0.406 e. The lowest BCUT2D eigenvalue weighted by Crippen LogP contribution is -2.19. The largest absolute Gasteiger partial charge is 0.573 e. The molecule has 142 valence electrons. The van der Waals surface area contributed by atoms with Gasteiger partial charge in [0.25, 0.3) is 0 Å². The number of amides is 1. The van der Waals surface area contributed by atoms with Crippen LogP contribution in [0.5, 0.6) is 5.75 Å². The Bertz CT molecular complexity index is 881. The van der Waals surface area contributed by atoms with Crippen LogP contribution in [0.3, 0.4) is 0 Å². The van der Waals surface area contributed by atoms with E-state index in [1.165, 1.54) is 18.2 Å². The normalized spacial score (nSPS) is 16.6. The lowest BCUT2D eigenvalue weighted by Gasteiger charge is -2.16. The van der Waals surface area contributed by atoms with Gasteiger partial charge in [-0.1, -0.05) is 18.2 Å². The second kappa shape index (κ2) is 7.30. The molecule has 0 saturated carbocycles. The van der Waals surface area contributed by atoms with Gasteiger partial charge in [0.2, 0.25) is 5.91 Å². The molecule has 1 aliphatic rings. The van der Waals surface area contributed by atoms with Crippen LogP contribution in [0.15, 0.2) is 42.5 Å². The summed E-state index contributed by atoms with van der Waals surface area (Å²) in [7, 11) is 0. The summed E-state index contributed by atoms with van der Waals surface area (Å²) in [6.07, 6.45) is -4.63. The summed E-state index contributed by atoms with van der Waals surface area (Å²) in [4.78, 5) is 24.6. The Balaban J connectivity index is 1.85. The first-order valence-electron chi connectivity index (χ1n) is 8.28. The molecule has 2 aromatic carbocycles. The van der Waals surface area contributed by atoms with Crippen molar-refractivity contribution in [1.82, 2.24) is 0 Å². The molecule has 0 radical (unpaired) electrons. The van der Waals surface area contributed by atoms with E-state index in [9.17, 15) is 22.8 Å². The average molecular weight is 378 g/mol. The molecule has 0 aromatic heterocycles. The first-order valence-corrected chi connectivity index (χ1v) is 8.28. The Morgan fingerprint density at radius 3 is 2.70 bits per heavy atom. The minimum absolute atomic E-state index is 0.102. The molecule has 1 amide bonds. The molecule has 3 rings (SSSR count). The molecule has 0 bridgehead atoms. The van der Waals surface area contributed by atoms with Crippen molar-refractivity contribution < 1.29 is 27.5 Å². The number of ketones is 1. The molecule has 1 aliphatic heterocycles. The zero-order valence-corrected chi connectivity index (χ0v) is 14.4. The maximum atomic E-state index is 12.8. The standard InChI is InChI=1S/C19H17F3N2O3/c1-11-8-17(26)24-15-7-3-6-14(18(15)23-11)16(25)10-12-4-2-5-13(9-12)27-19(20,21)22/h2-7,9,11,23H,8,10H2,1H3,(H,24,26). The summed E-state index contributed by atoms with van der Waals surface area (Å²) in [5.74, 6) is -0.819. The third-order valence-corrected chi connectivity index (χ3v) is 4.02. The van der Waals surface area contributed by atoms with Gasteiger partial charge >= 0.3 is 6.36 Å². The molecule has 1 heterocycles. The quantitative estimate of drug-likeness (QED) is 0.785. The number of fused-ring (bicyclic) bond motifs is 1. The SMILES string of the molecule is CC1CC(=O)Nc2cccc(C(=O)Cc3cccc(OC(F)(F)F)c3)c2N1. The highest BCUT2D eigenvalue weighted by atomic mass is 19.4. The average Bonchev–Trinajstić information content (AvgIpc) is 2.69. The molecule has 0 saturated heterocycles. The lowest BCUT2D eigenvalue weighted by atomic mass is 10.00. The number of rotatable bonds is 4. The number of para-hydroxylation sites is 1. The van der Waals surface area contributed by atoms with E-state index < -0.39 is 6.36 Å². The molecule has 2 aromatic rings. The van der Waals surface area contributed by atoms with E-state index in [-0.39, 0.29) is 36.3 Å². The number of nitrogens with one attached hydrogen (secondary N) is 2. The maximum absolute atomic E-state index is 12.8. The maximum Gasteiger partial charge on any atom is 0.573 e. The number of halogens is 3. The highest BCUT2D eigenvalue weighted by Crippen LogP contribution is 2.31. The van der Waals surface area contributed by atoms with Crippen molar-refractivity contribution >= 4 is 23.1 Å². The Morgan fingerprint density at radius 2 is 1.96 bits per heavy atom. The third-order valence-electron chi connectivity index (χ3n) is 4.02. The van der Waals surface area contributed by atoms with E-state index >= 15 is 0 Å². The minimum Gasteiger partial charge on any atom is -0.406 e. The highest BCUT2D eigenvalue weighted by molar-refractivity contribution is 6.07. The van der Waals surface area contributed by atoms with Crippen LogP contribution in [-0.4, -0.2) is 24.1 Å². The predicted molar refractivity (Wildman–Crippen MR) is 93.9 cm³/mol. The summed E-state index contributed by atoms with van der Waals surface area (Å²) in [5.41, 5.74) is 1.78. The predicted octanol–water partition coefficient (Wildman–Crippen LogP) is 4.15. The van der Waals surface area contributed by atoms with E-state index in [1.54, 1.807) is 24.3 Å². The molecule has 8 heteroatoms. The summed E-state index contributed by atoms with van der Waals surface area (Å²) < 4.78 is 41.0. The van der Waals surface area contributed by atoms with Crippen LogP contribution < -0.4 is 15.4 Å². The molecule has 5 nitrogen and oxygen atoms in total. The van der Waals surface area contributed by atoms with Gasteiger partial charge in [-0.3, -0.25) is 9.59 Å². The number of hydrogen-bond donors (Lipinski definition) is 2. The van der Waals surface area contributed by atoms with Crippen LogP contribution in [0.2, 0.25) is 0 Å². The number of carbonyl (C=O) groups is 2. The van der Waals surface area contributed by atoms with Crippen molar-refractivity contribution in [2.75, 3.05) is 10.6 Å². The zero-order valence-electron chi connectivity index (χ0n) is 14.4. The van der Waals surface area contributed by atoms with E-state index in [1.807, 2.05) is 6.92 Å². The van der Waals surface area contributed by atoms with Gasteiger partial charge in [0.1, 0.15) is 5.75 Å². The van der Waals surface area contributed by atoms with Crippen molar-refractivity contribution in [2.24, 2.45) is 0 Å². The van der Waals surface area contributed by atoms with Gasteiger partial charge in [0.05, 0.1) is 11.4 Å². The number of Topliss-reactive ketones (excluding diaryl/α,β-unsaturated/α-hetero) is 1. The number of carbonyl (C=O) groups excluding carboxylic acids is 2. The van der Waals surface area contributed by atoms with Crippen LogP contribution >= 0.6 is 0 Å². The van der Waals surface area contributed by atoms with Crippen molar-refractivity contribution in [2.45, 2.75) is 32.2 Å². The van der Waals surface area contributed by atoms with Crippen LogP contribution in [0, 0.1) is 0 Å². The summed E-state index contributed by atoms with van der Waals surface area (Å²) in [5, 5.41) is 5.90. The van der Waals surface area contributed by atoms with E-state index in [0.717, 1.165) is 0 Å². The number of benzene rings is 2. The fraction of sp³-hybridized carbons (Fsp3) is 0.263. The summed E-state index contributed by atoms with van der Waals surface area (Å²) in [6.45, 7) is 1.83. The van der Waals surface area contributed by atoms with Gasteiger partial charge in [-0.05, 0) is 36.8 Å². The van der Waals surface area contributed by atoms with Crippen LogP contribution in [0.4, 0.5) is 24.5 Å². The van der Waals surface area contributed by atoms with Crippen molar-refractivity contribution in [1.29, 1.82) is 0 Å². The number of anilines is 2. The molecule has 0 fully saturated rings. The van der Waals surface area contributed by atoms with Gasteiger partial charge in [0, 0.05) is 24.4 Å². The van der Waals surface area contributed by atoms with Crippen LogP contribution in [0.25, 0.3) is 0 Å². The Kier molecular flexibility index (Phi) is 5.07. The van der Waals surface area contributed by atoms with Gasteiger partial charge in [-0.15, -0.1) is 13.2 Å². The lowest BCUT2D eigenvalue weighted by molar-refractivity contribution is -0.274. The number of alkyl halides is 3. The topological polar surface area (TPSA) is 67.4 Å². The third kappa shape index (κ3) is 4.78. The second-order valence-electron chi connectivity index (χ2n) is 6.32. The van der Waals surface area contributed by atoms with Crippen molar-refractivity contribution in [3.05, 3.63) is 53.6 Å². The number of hydrogen-bond acceptors (Lipinski definition) is 4. The van der Waals surface area contributed by atoms with E-state index in [0.29, 0.717) is 22.5 Å². The molecule has 0 spiro atoms. The van der Waals surface area contributed by atoms with Crippen molar-refractivity contribution in [3.8, 4) is 5.75 Å². The molecule has 0 aliphatic carbocycles. The Hall–Kier alpha value is -3.03. The van der Waals surface area contributed by atoms with Crippen LogP contribution in [-0.2, 0) is 11.2 Å². The van der Waals surface area contributed by atoms with Gasteiger partial charge in [0.15, 0.2) is 5.78 Å². The van der Waals surface area contributed by atoms with Gasteiger partial charge in [-0.25, -0.2) is 0 Å². The molecule has 1 unspecified atom stereocenters.